The zero-order valence-corrected chi connectivity index (χ0v) is 17.2. The van der Waals surface area contributed by atoms with Gasteiger partial charge < -0.3 is 4.74 Å². The van der Waals surface area contributed by atoms with Crippen molar-refractivity contribution >= 4 is 17.0 Å². The molecule has 3 aromatic rings. The molecule has 28 heavy (non-hydrogen) atoms. The minimum atomic E-state index is 0.636. The highest BCUT2D eigenvalue weighted by atomic mass is 32.1. The molecule has 0 bridgehead atoms. The smallest absolute Gasteiger partial charge is 0.205 e. The number of rotatable bonds is 4. The van der Waals surface area contributed by atoms with Crippen molar-refractivity contribution in [2.45, 2.75) is 31.6 Å². The van der Waals surface area contributed by atoms with Gasteiger partial charge in [-0.2, -0.15) is 5.10 Å². The van der Waals surface area contributed by atoms with Gasteiger partial charge in [-0.25, -0.2) is 4.68 Å². The van der Waals surface area contributed by atoms with Gasteiger partial charge in [-0.15, -0.1) is 11.3 Å². The second-order valence-electron chi connectivity index (χ2n) is 6.99. The first-order valence-electron chi connectivity index (χ1n) is 9.68. The summed E-state index contributed by atoms with van der Waals surface area (Å²) in [6.07, 6.45) is 4.35. The van der Waals surface area contributed by atoms with Crippen LogP contribution in [0, 0.1) is 0 Å². The fraction of sp³-hybridized carbons (Fsp3) is 0.304. The van der Waals surface area contributed by atoms with E-state index in [1.165, 1.54) is 11.3 Å². The largest absolute Gasteiger partial charge is 0.496 e. The molecule has 0 atom stereocenters. The number of ether oxygens (including phenoxy) is 1. The summed E-state index contributed by atoms with van der Waals surface area (Å²) in [4.78, 5) is 5.34. The minimum Gasteiger partial charge on any atom is -0.496 e. The minimum absolute atomic E-state index is 0.636. The predicted octanol–water partition coefficient (Wildman–Crippen LogP) is 5.32. The van der Waals surface area contributed by atoms with E-state index in [0.29, 0.717) is 5.92 Å². The average Bonchev–Trinajstić information content (AvgIpc) is 3.17. The molecule has 0 amide bonds. The molecule has 1 fully saturated rings. The Morgan fingerprint density at radius 3 is 2.43 bits per heavy atom. The maximum absolute atomic E-state index is 5.56. The van der Waals surface area contributed by atoms with Crippen LogP contribution in [0.15, 0.2) is 70.1 Å². The summed E-state index contributed by atoms with van der Waals surface area (Å²) in [5, 5.41) is 7.13. The van der Waals surface area contributed by atoms with Crippen molar-refractivity contribution in [1.82, 2.24) is 4.68 Å². The van der Waals surface area contributed by atoms with Crippen LogP contribution in [0.3, 0.4) is 0 Å². The van der Waals surface area contributed by atoms with Gasteiger partial charge in [0.15, 0.2) is 0 Å². The van der Waals surface area contributed by atoms with Gasteiger partial charge in [0, 0.05) is 23.7 Å². The molecule has 0 radical (unpaired) electrons. The monoisotopic (exact) mass is 391 g/mol. The van der Waals surface area contributed by atoms with Gasteiger partial charge in [0.05, 0.1) is 12.8 Å². The molecule has 0 unspecified atom stereocenters. The lowest BCUT2D eigenvalue weighted by Gasteiger charge is -2.23. The molecule has 0 spiro atoms. The van der Waals surface area contributed by atoms with Crippen molar-refractivity contribution < 1.29 is 4.74 Å². The summed E-state index contributed by atoms with van der Waals surface area (Å²) in [5.41, 5.74) is 4.76. The van der Waals surface area contributed by atoms with Crippen LogP contribution in [-0.4, -0.2) is 24.5 Å². The van der Waals surface area contributed by atoms with E-state index in [9.17, 15) is 0 Å². The third-order valence-electron chi connectivity index (χ3n) is 5.33. The number of benzene rings is 2. The maximum Gasteiger partial charge on any atom is 0.205 e. The van der Waals surface area contributed by atoms with Crippen molar-refractivity contribution in [2.75, 3.05) is 14.2 Å². The molecular formula is C23H25N3OS. The molecule has 5 heteroatoms. The second-order valence-corrected chi connectivity index (χ2v) is 7.83. The lowest BCUT2D eigenvalue weighted by atomic mass is 9.83. The molecule has 144 valence electrons. The molecule has 1 saturated carbocycles. The molecule has 1 heterocycles. The zero-order chi connectivity index (χ0) is 19.3. The van der Waals surface area contributed by atoms with Crippen LogP contribution < -0.4 is 9.54 Å². The molecule has 4 rings (SSSR count). The van der Waals surface area contributed by atoms with E-state index in [-0.39, 0.29) is 0 Å². The second kappa shape index (κ2) is 8.57. The molecule has 4 nitrogen and oxygen atoms in total. The number of methoxy groups -OCH3 is 1. The van der Waals surface area contributed by atoms with E-state index in [1.807, 2.05) is 29.9 Å². The van der Waals surface area contributed by atoms with Gasteiger partial charge in [0.2, 0.25) is 4.80 Å². The Morgan fingerprint density at radius 2 is 1.71 bits per heavy atom. The van der Waals surface area contributed by atoms with E-state index in [0.717, 1.165) is 47.5 Å². The van der Waals surface area contributed by atoms with Crippen LogP contribution in [0.4, 0.5) is 0 Å². The van der Waals surface area contributed by atoms with E-state index in [4.69, 9.17) is 9.84 Å². The van der Waals surface area contributed by atoms with E-state index >= 15 is 0 Å². The van der Waals surface area contributed by atoms with E-state index in [2.05, 4.69) is 46.8 Å². The lowest BCUT2D eigenvalue weighted by molar-refractivity contribution is 0.416. The fourth-order valence-corrected chi connectivity index (χ4v) is 4.63. The van der Waals surface area contributed by atoms with Crippen LogP contribution in [-0.2, 0) is 0 Å². The summed E-state index contributed by atoms with van der Waals surface area (Å²) in [7, 11) is 3.53. The van der Waals surface area contributed by atoms with Crippen molar-refractivity contribution in [3.8, 4) is 17.0 Å². The van der Waals surface area contributed by atoms with Gasteiger partial charge in [-0.3, -0.25) is 4.99 Å². The molecule has 1 aliphatic carbocycles. The highest BCUT2D eigenvalue weighted by Gasteiger charge is 2.20. The summed E-state index contributed by atoms with van der Waals surface area (Å²) in [6, 6.07) is 18.9. The Bertz CT molecular complexity index is 1020. The molecule has 1 aliphatic rings. The quantitative estimate of drug-likeness (QED) is 0.593. The topological polar surface area (TPSA) is 38.9 Å². The molecule has 0 N–H and O–H groups in total. The summed E-state index contributed by atoms with van der Waals surface area (Å²) in [5.74, 6) is 1.49. The highest BCUT2D eigenvalue weighted by Crippen LogP contribution is 2.33. The van der Waals surface area contributed by atoms with Crippen molar-refractivity contribution in [3.63, 3.8) is 0 Å². The normalized spacial score (nSPS) is 17.6. The first-order chi connectivity index (χ1) is 13.8. The van der Waals surface area contributed by atoms with Crippen molar-refractivity contribution in [2.24, 2.45) is 10.1 Å². The van der Waals surface area contributed by atoms with Gasteiger partial charge in [0.1, 0.15) is 5.75 Å². The molecule has 1 aromatic heterocycles. The zero-order valence-electron chi connectivity index (χ0n) is 16.3. The van der Waals surface area contributed by atoms with Gasteiger partial charge in [0.25, 0.3) is 0 Å². The summed E-state index contributed by atoms with van der Waals surface area (Å²) in [6.45, 7) is 0. The summed E-state index contributed by atoms with van der Waals surface area (Å²) >= 11 is 1.61. The summed E-state index contributed by atoms with van der Waals surface area (Å²) < 4.78 is 7.55. The van der Waals surface area contributed by atoms with E-state index in [1.54, 1.807) is 18.4 Å². The Morgan fingerprint density at radius 1 is 1.00 bits per heavy atom. The lowest BCUT2D eigenvalue weighted by Crippen LogP contribution is -2.18. The van der Waals surface area contributed by atoms with Crippen LogP contribution in [0.2, 0.25) is 0 Å². The number of hydrogen-bond acceptors (Lipinski definition) is 4. The molecular weight excluding hydrogens is 366 g/mol. The first-order valence-corrected chi connectivity index (χ1v) is 10.6. The van der Waals surface area contributed by atoms with Crippen LogP contribution >= 0.6 is 11.3 Å². The number of para-hydroxylation sites is 1. The van der Waals surface area contributed by atoms with Crippen molar-refractivity contribution in [3.05, 3.63) is 70.3 Å². The maximum atomic E-state index is 5.56. The number of hydrogen-bond donors (Lipinski definition) is 0. The fourth-order valence-electron chi connectivity index (χ4n) is 3.84. The SMILES string of the molecule is CN=c1scc(-c2ccccc2OC)n1N=C1CCC(c2ccccc2)CC1. The van der Waals surface area contributed by atoms with Gasteiger partial charge in [-0.1, -0.05) is 42.5 Å². The molecule has 0 aliphatic heterocycles. The third kappa shape index (κ3) is 3.80. The van der Waals surface area contributed by atoms with Crippen LogP contribution in [0.25, 0.3) is 11.3 Å². The number of nitrogens with zero attached hydrogens (tertiary/aromatic N) is 3. The predicted molar refractivity (Wildman–Crippen MR) is 116 cm³/mol. The standard InChI is InChI=1S/C23H25N3OS/c1-24-23-26(21(16-28-23)20-10-6-7-11-22(20)27-2)25-19-14-12-18(13-15-19)17-8-4-3-5-9-17/h3-11,16,18H,12-15H2,1-2H3. The first kappa shape index (κ1) is 18.7. The van der Waals surface area contributed by atoms with Gasteiger partial charge >= 0.3 is 0 Å². The molecule has 0 saturated heterocycles. The Kier molecular flexibility index (Phi) is 5.72. The molecule has 2 aromatic carbocycles. The highest BCUT2D eigenvalue weighted by molar-refractivity contribution is 7.07. The Balaban J connectivity index is 1.63. The van der Waals surface area contributed by atoms with Crippen LogP contribution in [0.5, 0.6) is 5.75 Å². The van der Waals surface area contributed by atoms with Crippen LogP contribution in [0.1, 0.15) is 37.2 Å². The third-order valence-corrected chi connectivity index (χ3v) is 6.24. The van der Waals surface area contributed by atoms with Gasteiger partial charge in [-0.05, 0) is 49.3 Å². The number of aromatic nitrogens is 1. The average molecular weight is 392 g/mol. The Labute approximate surface area is 169 Å². The van der Waals surface area contributed by atoms with E-state index < -0.39 is 0 Å². The number of thiazole rings is 1. The Hall–Kier alpha value is -2.66. The van der Waals surface area contributed by atoms with Crippen molar-refractivity contribution in [1.29, 1.82) is 0 Å².